The number of rotatable bonds is 7. The Labute approximate surface area is 135 Å². The third-order valence-electron chi connectivity index (χ3n) is 3.28. The summed E-state index contributed by atoms with van der Waals surface area (Å²) in [6.45, 7) is 0.296. The summed E-state index contributed by atoms with van der Waals surface area (Å²) in [6, 6.07) is 14.4. The van der Waals surface area contributed by atoms with Gasteiger partial charge >= 0.3 is 0 Å². The molecule has 0 aliphatic rings. The molecule has 2 rings (SSSR count). The molecule has 0 aliphatic carbocycles. The van der Waals surface area contributed by atoms with Crippen molar-refractivity contribution in [2.75, 3.05) is 14.2 Å². The monoisotopic (exact) mass is 311 g/mol. The second kappa shape index (κ2) is 7.85. The van der Waals surface area contributed by atoms with Gasteiger partial charge in [0.25, 0.3) is 0 Å². The van der Waals surface area contributed by atoms with Gasteiger partial charge in [0, 0.05) is 0 Å². The summed E-state index contributed by atoms with van der Waals surface area (Å²) in [4.78, 5) is 12.1. The molecule has 5 heteroatoms. The van der Waals surface area contributed by atoms with E-state index in [1.165, 1.54) is 7.11 Å². The molecular formula is C18H17NO4. The maximum atomic E-state index is 12.1. The topological polar surface area (TPSA) is 68.6 Å². The van der Waals surface area contributed by atoms with E-state index >= 15 is 0 Å². The van der Waals surface area contributed by atoms with Crippen LogP contribution in [0, 0.1) is 11.3 Å². The Hall–Kier alpha value is -3.00. The molecule has 0 amide bonds. The molecule has 0 aliphatic heterocycles. The first-order valence-electron chi connectivity index (χ1n) is 7.02. The van der Waals surface area contributed by atoms with E-state index in [0.717, 1.165) is 11.3 Å². The maximum absolute atomic E-state index is 12.1. The summed E-state index contributed by atoms with van der Waals surface area (Å²) < 4.78 is 16.1. The van der Waals surface area contributed by atoms with Gasteiger partial charge in [-0.2, -0.15) is 5.26 Å². The van der Waals surface area contributed by atoms with Gasteiger partial charge in [-0.1, -0.05) is 18.2 Å². The molecule has 0 atom stereocenters. The largest absolute Gasteiger partial charge is 0.497 e. The number of ketones is 1. The van der Waals surface area contributed by atoms with Gasteiger partial charge in [-0.25, -0.2) is 0 Å². The van der Waals surface area contributed by atoms with Gasteiger partial charge in [0.05, 0.1) is 26.7 Å². The number of methoxy groups -OCH3 is 2. The quantitative estimate of drug-likeness (QED) is 0.733. The van der Waals surface area contributed by atoms with E-state index < -0.39 is 0 Å². The summed E-state index contributed by atoms with van der Waals surface area (Å²) in [5.74, 6) is 1.24. The molecule has 23 heavy (non-hydrogen) atoms. The van der Waals surface area contributed by atoms with Crippen molar-refractivity contribution in [3.05, 3.63) is 53.6 Å². The summed E-state index contributed by atoms with van der Waals surface area (Å²) in [5.41, 5.74) is 1.23. The van der Waals surface area contributed by atoms with Crippen LogP contribution in [0.5, 0.6) is 17.2 Å². The highest BCUT2D eigenvalue weighted by atomic mass is 16.5. The fourth-order valence-electron chi connectivity index (χ4n) is 2.12. The fraction of sp³-hybridized carbons (Fsp3) is 0.222. The lowest BCUT2D eigenvalue weighted by molar-refractivity contribution is 0.0990. The van der Waals surface area contributed by atoms with Crippen LogP contribution in [-0.4, -0.2) is 20.0 Å². The molecule has 5 nitrogen and oxygen atoms in total. The first kappa shape index (κ1) is 16.4. The molecule has 0 aromatic heterocycles. The Bertz CT molecular complexity index is 717. The lowest BCUT2D eigenvalue weighted by Crippen LogP contribution is -2.06. The van der Waals surface area contributed by atoms with Crippen LogP contribution in [0.3, 0.4) is 0 Å². The first-order chi connectivity index (χ1) is 11.2. The number of hydrogen-bond donors (Lipinski definition) is 0. The number of nitriles is 1. The van der Waals surface area contributed by atoms with Crippen molar-refractivity contribution < 1.29 is 19.0 Å². The molecule has 2 aromatic carbocycles. The summed E-state index contributed by atoms with van der Waals surface area (Å²) >= 11 is 0. The normalized spacial score (nSPS) is 9.78. The maximum Gasteiger partial charge on any atom is 0.184 e. The highest BCUT2D eigenvalue weighted by Gasteiger charge is 2.18. The van der Waals surface area contributed by atoms with Gasteiger partial charge in [0.15, 0.2) is 5.78 Å². The van der Waals surface area contributed by atoms with Crippen LogP contribution in [0.25, 0.3) is 0 Å². The third-order valence-corrected chi connectivity index (χ3v) is 3.28. The summed E-state index contributed by atoms with van der Waals surface area (Å²) in [5, 5.41) is 8.75. The van der Waals surface area contributed by atoms with Crippen LogP contribution in [-0.2, 0) is 6.61 Å². The number of nitrogens with zero attached hydrogens (tertiary/aromatic N) is 1. The number of ether oxygens (including phenoxy) is 3. The molecule has 2 aromatic rings. The van der Waals surface area contributed by atoms with Gasteiger partial charge < -0.3 is 14.2 Å². The van der Waals surface area contributed by atoms with Crippen LogP contribution in [0.2, 0.25) is 0 Å². The minimum atomic E-state index is -0.324. The Morgan fingerprint density at radius 2 is 1.74 bits per heavy atom. The molecule has 0 unspecified atom stereocenters. The Morgan fingerprint density at radius 3 is 2.35 bits per heavy atom. The molecule has 0 heterocycles. The zero-order valence-electron chi connectivity index (χ0n) is 13.0. The third kappa shape index (κ3) is 4.01. The Morgan fingerprint density at radius 1 is 1.04 bits per heavy atom. The van der Waals surface area contributed by atoms with Gasteiger partial charge in [0.1, 0.15) is 29.4 Å². The number of hydrogen-bond acceptors (Lipinski definition) is 5. The van der Waals surface area contributed by atoms with E-state index in [9.17, 15) is 4.79 Å². The minimum Gasteiger partial charge on any atom is -0.497 e. The predicted octanol–water partition coefficient (Wildman–Crippen LogP) is 3.38. The minimum absolute atomic E-state index is 0.223. The van der Waals surface area contributed by atoms with Crippen molar-refractivity contribution in [1.29, 1.82) is 5.26 Å². The fourth-order valence-corrected chi connectivity index (χ4v) is 2.12. The molecule has 0 saturated carbocycles. The van der Waals surface area contributed by atoms with Gasteiger partial charge in [-0.05, 0) is 29.8 Å². The zero-order chi connectivity index (χ0) is 16.7. The number of Topliss-reactive ketones (excluding diaryl/α,β-unsaturated/α-hetero) is 1. The number of benzene rings is 2. The van der Waals surface area contributed by atoms with Crippen molar-refractivity contribution in [2.45, 2.75) is 13.0 Å². The first-order valence-corrected chi connectivity index (χ1v) is 7.02. The molecule has 0 N–H and O–H groups in total. The zero-order valence-corrected chi connectivity index (χ0v) is 13.0. The van der Waals surface area contributed by atoms with Crippen LogP contribution >= 0.6 is 0 Å². The van der Waals surface area contributed by atoms with Crippen LogP contribution < -0.4 is 14.2 Å². The second-order valence-electron chi connectivity index (χ2n) is 4.73. The Balaban J connectivity index is 2.21. The van der Waals surface area contributed by atoms with E-state index in [-0.39, 0.29) is 12.2 Å². The molecule has 0 saturated heterocycles. The SMILES string of the molecule is COc1ccc(COc2cccc(OC)c2C(=O)CC#N)cc1. The van der Waals surface area contributed by atoms with Crippen molar-refractivity contribution in [1.82, 2.24) is 0 Å². The standard InChI is InChI=1S/C18H17NO4/c1-21-14-8-6-13(7-9-14)12-23-17-5-3-4-16(22-2)18(17)15(20)10-11-19/h3-9H,10,12H2,1-2H3. The average Bonchev–Trinajstić information content (AvgIpc) is 2.60. The van der Waals surface area contributed by atoms with E-state index in [1.807, 2.05) is 30.3 Å². The molecule has 0 spiro atoms. The van der Waals surface area contributed by atoms with E-state index in [1.54, 1.807) is 25.3 Å². The number of carbonyl (C=O) groups excluding carboxylic acids is 1. The van der Waals surface area contributed by atoms with E-state index in [2.05, 4.69) is 0 Å². The highest BCUT2D eigenvalue weighted by Crippen LogP contribution is 2.30. The number of carbonyl (C=O) groups is 1. The van der Waals surface area contributed by atoms with Crippen LogP contribution in [0.4, 0.5) is 0 Å². The summed E-state index contributed by atoms with van der Waals surface area (Å²) in [6.07, 6.45) is -0.223. The molecular weight excluding hydrogens is 294 g/mol. The predicted molar refractivity (Wildman–Crippen MR) is 84.9 cm³/mol. The van der Waals surface area contributed by atoms with E-state index in [0.29, 0.717) is 23.7 Å². The van der Waals surface area contributed by atoms with Crippen molar-refractivity contribution in [3.63, 3.8) is 0 Å². The molecule has 0 bridgehead atoms. The highest BCUT2D eigenvalue weighted by molar-refractivity contribution is 6.02. The Kier molecular flexibility index (Phi) is 5.59. The molecule has 0 radical (unpaired) electrons. The van der Waals surface area contributed by atoms with Gasteiger partial charge in [0.2, 0.25) is 0 Å². The van der Waals surface area contributed by atoms with E-state index in [4.69, 9.17) is 19.5 Å². The molecule has 0 fully saturated rings. The van der Waals surface area contributed by atoms with Crippen molar-refractivity contribution in [2.24, 2.45) is 0 Å². The van der Waals surface area contributed by atoms with Crippen molar-refractivity contribution in [3.8, 4) is 23.3 Å². The van der Waals surface area contributed by atoms with Gasteiger partial charge in [-0.15, -0.1) is 0 Å². The summed E-state index contributed by atoms with van der Waals surface area (Å²) in [7, 11) is 3.08. The lowest BCUT2D eigenvalue weighted by Gasteiger charge is -2.13. The lowest BCUT2D eigenvalue weighted by atomic mass is 10.1. The van der Waals surface area contributed by atoms with Crippen LogP contribution in [0.1, 0.15) is 22.3 Å². The van der Waals surface area contributed by atoms with Crippen molar-refractivity contribution >= 4 is 5.78 Å². The van der Waals surface area contributed by atoms with Crippen LogP contribution in [0.15, 0.2) is 42.5 Å². The van der Waals surface area contributed by atoms with Gasteiger partial charge in [-0.3, -0.25) is 4.79 Å². The average molecular weight is 311 g/mol. The second-order valence-corrected chi connectivity index (χ2v) is 4.73. The molecule has 118 valence electrons. The smallest absolute Gasteiger partial charge is 0.184 e.